The molecule has 2 N–H and O–H groups in total. The third-order valence-electron chi connectivity index (χ3n) is 3.36. The molecule has 2 aromatic carbocycles. The zero-order valence-electron chi connectivity index (χ0n) is 11.6. The second kappa shape index (κ2) is 5.61. The van der Waals surface area contributed by atoms with Crippen LogP contribution in [0, 0.1) is 12.7 Å². The van der Waals surface area contributed by atoms with E-state index in [0.717, 1.165) is 11.1 Å². The number of aryl methyl sites for hydroxylation is 1. The number of nitrogens with one attached hydrogen (secondary N) is 1. The summed E-state index contributed by atoms with van der Waals surface area (Å²) in [5.41, 5.74) is 2.30. The Hall–Kier alpha value is -2.27. The first kappa shape index (κ1) is 13.7. The molecule has 1 heterocycles. The van der Waals surface area contributed by atoms with Crippen molar-refractivity contribution in [1.29, 1.82) is 0 Å². The van der Waals surface area contributed by atoms with Crippen molar-refractivity contribution >= 4 is 5.69 Å². The molecule has 0 fully saturated rings. The highest BCUT2D eigenvalue weighted by Gasteiger charge is 2.17. The third-order valence-corrected chi connectivity index (χ3v) is 3.36. The lowest BCUT2D eigenvalue weighted by Crippen LogP contribution is -2.15. The van der Waals surface area contributed by atoms with Gasteiger partial charge in [0.15, 0.2) is 11.5 Å². The van der Waals surface area contributed by atoms with Crippen molar-refractivity contribution in [3.8, 4) is 11.5 Å². The van der Waals surface area contributed by atoms with Crippen LogP contribution in [0.15, 0.2) is 36.4 Å². The van der Waals surface area contributed by atoms with Crippen LogP contribution in [0.3, 0.4) is 0 Å². The summed E-state index contributed by atoms with van der Waals surface area (Å²) >= 11 is 0. The van der Waals surface area contributed by atoms with E-state index >= 15 is 0 Å². The Labute approximate surface area is 122 Å². The van der Waals surface area contributed by atoms with Crippen LogP contribution >= 0.6 is 0 Å². The van der Waals surface area contributed by atoms with E-state index in [9.17, 15) is 9.50 Å². The summed E-state index contributed by atoms with van der Waals surface area (Å²) in [4.78, 5) is 0. The Balaban J connectivity index is 1.84. The maximum Gasteiger partial charge on any atom is 0.231 e. The molecule has 1 atom stereocenters. The van der Waals surface area contributed by atoms with Crippen molar-refractivity contribution in [2.24, 2.45) is 0 Å². The van der Waals surface area contributed by atoms with Gasteiger partial charge in [0, 0.05) is 5.69 Å². The maximum atomic E-state index is 13.4. The summed E-state index contributed by atoms with van der Waals surface area (Å²) in [6.07, 6.45) is 0. The van der Waals surface area contributed by atoms with Crippen LogP contribution in [0.25, 0.3) is 0 Å². The molecule has 2 aromatic rings. The number of halogens is 1. The Morgan fingerprint density at radius 3 is 2.76 bits per heavy atom. The molecule has 0 radical (unpaired) electrons. The number of anilines is 1. The lowest BCUT2D eigenvalue weighted by Gasteiger charge is -2.19. The van der Waals surface area contributed by atoms with Gasteiger partial charge >= 0.3 is 0 Å². The molecule has 110 valence electrons. The second-order valence-electron chi connectivity index (χ2n) is 5.01. The van der Waals surface area contributed by atoms with Gasteiger partial charge in [0.1, 0.15) is 5.82 Å². The highest BCUT2D eigenvalue weighted by Crippen LogP contribution is 2.34. The predicted molar refractivity (Wildman–Crippen MR) is 77.2 cm³/mol. The number of hydrogen-bond donors (Lipinski definition) is 2. The lowest BCUT2D eigenvalue weighted by atomic mass is 10.1. The first-order valence-electron chi connectivity index (χ1n) is 6.70. The van der Waals surface area contributed by atoms with Crippen LogP contribution in [0.1, 0.15) is 17.2 Å². The van der Waals surface area contributed by atoms with Crippen LogP contribution in [0.4, 0.5) is 10.1 Å². The molecular formula is C16H16FNO3. The number of rotatable bonds is 4. The van der Waals surface area contributed by atoms with E-state index in [4.69, 9.17) is 9.47 Å². The number of benzene rings is 2. The second-order valence-corrected chi connectivity index (χ2v) is 5.01. The van der Waals surface area contributed by atoms with Crippen molar-refractivity contribution < 1.29 is 19.0 Å². The van der Waals surface area contributed by atoms with Gasteiger partial charge in [-0.3, -0.25) is 0 Å². The average Bonchev–Trinajstić information content (AvgIpc) is 2.91. The van der Waals surface area contributed by atoms with E-state index in [1.165, 1.54) is 12.1 Å². The zero-order chi connectivity index (χ0) is 14.8. The number of fused-ring (bicyclic) bond motifs is 1. The topological polar surface area (TPSA) is 50.7 Å². The standard InChI is InChI=1S/C16H16FNO3/c1-10-4-12(17)7-13(5-10)18-14(8-19)11-2-3-15-16(6-11)21-9-20-15/h2-7,14,18-19H,8-9H2,1H3. The van der Waals surface area contributed by atoms with Gasteiger partial charge in [0.2, 0.25) is 6.79 Å². The molecule has 1 unspecified atom stereocenters. The quantitative estimate of drug-likeness (QED) is 0.908. The van der Waals surface area contributed by atoms with Gasteiger partial charge in [0.25, 0.3) is 0 Å². The van der Waals surface area contributed by atoms with Gasteiger partial charge in [-0.05, 0) is 48.4 Å². The molecular weight excluding hydrogens is 273 g/mol. The van der Waals surface area contributed by atoms with Crippen molar-refractivity contribution in [2.75, 3.05) is 18.7 Å². The van der Waals surface area contributed by atoms with Gasteiger partial charge in [-0.1, -0.05) is 6.07 Å². The van der Waals surface area contributed by atoms with Crippen LogP contribution in [0.2, 0.25) is 0 Å². The summed E-state index contributed by atoms with van der Waals surface area (Å²) in [7, 11) is 0. The van der Waals surface area contributed by atoms with Crippen molar-refractivity contribution in [3.63, 3.8) is 0 Å². The molecule has 3 rings (SSSR count). The number of aliphatic hydroxyl groups is 1. The van der Waals surface area contributed by atoms with E-state index in [2.05, 4.69) is 5.32 Å². The molecule has 0 aromatic heterocycles. The normalized spacial score (nSPS) is 14.0. The first-order chi connectivity index (χ1) is 10.2. The van der Waals surface area contributed by atoms with Crippen molar-refractivity contribution in [3.05, 3.63) is 53.3 Å². The zero-order valence-corrected chi connectivity index (χ0v) is 11.6. The highest BCUT2D eigenvalue weighted by molar-refractivity contribution is 5.50. The molecule has 0 spiro atoms. The van der Waals surface area contributed by atoms with Crippen molar-refractivity contribution in [1.82, 2.24) is 0 Å². The monoisotopic (exact) mass is 289 g/mol. The van der Waals surface area contributed by atoms with Crippen molar-refractivity contribution in [2.45, 2.75) is 13.0 Å². The Morgan fingerprint density at radius 2 is 2.00 bits per heavy atom. The van der Waals surface area contributed by atoms with Gasteiger partial charge in [-0.2, -0.15) is 0 Å². The van der Waals surface area contributed by atoms with Crippen LogP contribution in [-0.2, 0) is 0 Å². The fraction of sp³-hybridized carbons (Fsp3) is 0.250. The smallest absolute Gasteiger partial charge is 0.231 e. The summed E-state index contributed by atoms with van der Waals surface area (Å²) < 4.78 is 24.0. The molecule has 0 amide bonds. The number of hydrogen-bond acceptors (Lipinski definition) is 4. The van der Waals surface area contributed by atoms with Crippen LogP contribution in [0.5, 0.6) is 11.5 Å². The highest BCUT2D eigenvalue weighted by atomic mass is 19.1. The molecule has 0 saturated heterocycles. The van der Waals surface area contributed by atoms with Gasteiger partial charge in [-0.25, -0.2) is 4.39 Å². The minimum atomic E-state index is -0.347. The first-order valence-corrected chi connectivity index (χ1v) is 6.70. The minimum Gasteiger partial charge on any atom is -0.454 e. The summed E-state index contributed by atoms with van der Waals surface area (Å²) in [5.74, 6) is 1.04. The molecule has 5 heteroatoms. The van der Waals surface area contributed by atoms with E-state index in [1.807, 2.05) is 25.1 Å². The molecule has 0 aliphatic carbocycles. The third kappa shape index (κ3) is 2.92. The van der Waals surface area contributed by atoms with Gasteiger partial charge in [0.05, 0.1) is 12.6 Å². The molecule has 0 saturated carbocycles. The Bertz CT molecular complexity index is 640. The molecule has 1 aliphatic heterocycles. The van der Waals surface area contributed by atoms with Gasteiger partial charge < -0.3 is 19.9 Å². The number of ether oxygens (including phenoxy) is 2. The maximum absolute atomic E-state index is 13.4. The fourth-order valence-corrected chi connectivity index (χ4v) is 2.39. The van der Waals surface area contributed by atoms with E-state index in [-0.39, 0.29) is 25.3 Å². The molecule has 0 bridgehead atoms. The summed E-state index contributed by atoms with van der Waals surface area (Å²) in [5, 5.41) is 12.7. The summed E-state index contributed by atoms with van der Waals surface area (Å²) in [6.45, 7) is 1.91. The lowest BCUT2D eigenvalue weighted by molar-refractivity contribution is 0.174. The van der Waals surface area contributed by atoms with Gasteiger partial charge in [-0.15, -0.1) is 0 Å². The summed E-state index contributed by atoms with van der Waals surface area (Å²) in [6, 6.07) is 9.83. The fourth-order valence-electron chi connectivity index (χ4n) is 2.39. The van der Waals surface area contributed by atoms with E-state index in [0.29, 0.717) is 17.2 Å². The molecule has 4 nitrogen and oxygen atoms in total. The van der Waals surface area contributed by atoms with Crippen LogP contribution in [-0.4, -0.2) is 18.5 Å². The van der Waals surface area contributed by atoms with Crippen LogP contribution < -0.4 is 14.8 Å². The average molecular weight is 289 g/mol. The Kier molecular flexibility index (Phi) is 3.66. The minimum absolute atomic E-state index is 0.116. The molecule has 21 heavy (non-hydrogen) atoms. The Morgan fingerprint density at radius 1 is 1.19 bits per heavy atom. The molecule has 1 aliphatic rings. The SMILES string of the molecule is Cc1cc(F)cc(NC(CO)c2ccc3c(c2)OCO3)c1. The largest absolute Gasteiger partial charge is 0.454 e. The predicted octanol–water partition coefficient (Wildman–Crippen LogP) is 3.01. The van der Waals surface area contributed by atoms with E-state index in [1.54, 1.807) is 6.07 Å². The number of aliphatic hydroxyl groups excluding tert-OH is 1. The van der Waals surface area contributed by atoms with E-state index < -0.39 is 0 Å².